The van der Waals surface area contributed by atoms with E-state index in [1.54, 1.807) is 24.3 Å². The van der Waals surface area contributed by atoms with Crippen LogP contribution < -0.4 is 0 Å². The molecule has 2 aliphatic rings. The zero-order chi connectivity index (χ0) is 20.1. The van der Waals surface area contributed by atoms with E-state index >= 15 is 0 Å². The highest BCUT2D eigenvalue weighted by atomic mass is 32.2. The molecule has 0 bridgehead atoms. The Labute approximate surface area is 164 Å². The molecule has 6 heteroatoms. The number of hydrogen-bond acceptors (Lipinski definition) is 5. The largest absolute Gasteiger partial charge is 0.478 e. The van der Waals surface area contributed by atoms with Gasteiger partial charge in [0.05, 0.1) is 10.5 Å². The van der Waals surface area contributed by atoms with Crippen molar-refractivity contribution in [3.63, 3.8) is 0 Å². The molecule has 0 spiro atoms. The highest BCUT2D eigenvalue weighted by molar-refractivity contribution is 7.90. The van der Waals surface area contributed by atoms with Crippen molar-refractivity contribution >= 4 is 21.4 Å². The van der Waals surface area contributed by atoms with E-state index in [4.69, 9.17) is 9.47 Å². The Morgan fingerprint density at radius 1 is 1.07 bits per heavy atom. The van der Waals surface area contributed by atoms with Gasteiger partial charge in [0.1, 0.15) is 11.7 Å². The lowest BCUT2D eigenvalue weighted by atomic mass is 9.91. The van der Waals surface area contributed by atoms with E-state index < -0.39 is 21.4 Å². The molecule has 0 amide bonds. The van der Waals surface area contributed by atoms with Gasteiger partial charge in [-0.3, -0.25) is 0 Å². The lowest BCUT2D eigenvalue weighted by Crippen LogP contribution is -2.22. The number of sulfone groups is 1. The smallest absolute Gasteiger partial charge is 0.374 e. The molecule has 28 heavy (non-hydrogen) atoms. The van der Waals surface area contributed by atoms with Gasteiger partial charge in [-0.05, 0) is 55.5 Å². The van der Waals surface area contributed by atoms with Crippen LogP contribution in [-0.4, -0.2) is 26.2 Å². The van der Waals surface area contributed by atoms with Crippen molar-refractivity contribution in [1.29, 1.82) is 0 Å². The number of hydrogen-bond donors (Lipinski definition) is 0. The molecule has 0 radical (unpaired) electrons. The summed E-state index contributed by atoms with van der Waals surface area (Å²) in [6, 6.07) is 14.5. The molecule has 1 heterocycles. The van der Waals surface area contributed by atoms with Gasteiger partial charge < -0.3 is 9.47 Å². The quantitative estimate of drug-likeness (QED) is 0.732. The van der Waals surface area contributed by atoms with Crippen molar-refractivity contribution in [3.05, 3.63) is 71.0 Å². The van der Waals surface area contributed by atoms with E-state index in [2.05, 4.69) is 6.07 Å². The van der Waals surface area contributed by atoms with Crippen molar-refractivity contribution in [2.45, 2.75) is 43.3 Å². The first-order valence-electron chi connectivity index (χ1n) is 9.20. The molecule has 2 aromatic carbocycles. The van der Waals surface area contributed by atoms with Gasteiger partial charge in [0.15, 0.2) is 9.84 Å². The Kier molecular flexibility index (Phi) is 4.34. The summed E-state index contributed by atoms with van der Waals surface area (Å²) in [5, 5.41) is 0. The van der Waals surface area contributed by atoms with Crippen LogP contribution in [0.15, 0.2) is 59.2 Å². The van der Waals surface area contributed by atoms with E-state index in [1.807, 2.05) is 32.0 Å². The average Bonchev–Trinajstić information content (AvgIpc) is 3.13. The van der Waals surface area contributed by atoms with Crippen LogP contribution in [0.2, 0.25) is 0 Å². The van der Waals surface area contributed by atoms with Crippen molar-refractivity contribution < 1.29 is 22.7 Å². The van der Waals surface area contributed by atoms with E-state index in [-0.39, 0.29) is 16.8 Å². The molecule has 0 fully saturated rings. The van der Waals surface area contributed by atoms with Crippen molar-refractivity contribution in [3.8, 4) is 0 Å². The number of rotatable bonds is 4. The summed E-state index contributed by atoms with van der Waals surface area (Å²) in [5.41, 5.74) is 2.82. The molecule has 4 rings (SSSR count). The number of aryl methyl sites for hydroxylation is 1. The maximum Gasteiger partial charge on any atom is 0.374 e. The van der Waals surface area contributed by atoms with Gasteiger partial charge in [-0.2, -0.15) is 0 Å². The number of carbonyl (C=O) groups excluding carboxylic acids is 1. The van der Waals surface area contributed by atoms with Crippen LogP contribution >= 0.6 is 0 Å². The second-order valence-corrected chi connectivity index (χ2v) is 9.76. The monoisotopic (exact) mass is 398 g/mol. The summed E-state index contributed by atoms with van der Waals surface area (Å²) in [7, 11) is -3.29. The number of esters is 1. The maximum atomic E-state index is 12.6. The Morgan fingerprint density at radius 3 is 2.43 bits per heavy atom. The summed E-state index contributed by atoms with van der Waals surface area (Å²) in [5.74, 6) is -0.282. The van der Waals surface area contributed by atoms with Gasteiger partial charge in [0, 0.05) is 6.26 Å². The third-order valence-corrected chi connectivity index (χ3v) is 6.40. The standard InChI is InChI=1S/C22H22O5S/c1-22(2)19(15-8-11-16(12-9-15)28(3,24)25)20(21(23)27-22)26-18-13-10-14-6-4-5-7-17(14)18/h4-9,11-12,18H,10,13H2,1-3H3. The number of fused-ring (bicyclic) bond motifs is 1. The maximum absolute atomic E-state index is 12.6. The zero-order valence-corrected chi connectivity index (χ0v) is 16.9. The Morgan fingerprint density at radius 2 is 1.75 bits per heavy atom. The fraction of sp³-hybridized carbons (Fsp3) is 0.318. The van der Waals surface area contributed by atoms with Crippen LogP contribution in [-0.2, 0) is 30.5 Å². The normalized spacial score (nSPS) is 20.8. The molecule has 5 nitrogen and oxygen atoms in total. The predicted octanol–water partition coefficient (Wildman–Crippen LogP) is 3.84. The molecule has 0 N–H and O–H groups in total. The second kappa shape index (κ2) is 6.48. The minimum Gasteiger partial charge on any atom is -0.478 e. The summed E-state index contributed by atoms with van der Waals surface area (Å²) < 4.78 is 35.2. The molecule has 0 aromatic heterocycles. The summed E-state index contributed by atoms with van der Waals surface area (Å²) in [6.45, 7) is 3.62. The molecule has 0 saturated carbocycles. The minimum absolute atomic E-state index is 0.196. The number of cyclic esters (lactones) is 1. The fourth-order valence-corrected chi connectivity index (χ4v) is 4.57. The van der Waals surface area contributed by atoms with Crippen molar-refractivity contribution in [2.75, 3.05) is 6.26 Å². The van der Waals surface area contributed by atoms with E-state index in [9.17, 15) is 13.2 Å². The highest BCUT2D eigenvalue weighted by Gasteiger charge is 2.44. The van der Waals surface area contributed by atoms with E-state index in [0.29, 0.717) is 11.1 Å². The van der Waals surface area contributed by atoms with Gasteiger partial charge in [0.2, 0.25) is 5.76 Å². The first kappa shape index (κ1) is 18.7. The van der Waals surface area contributed by atoms with Crippen LogP contribution in [0, 0.1) is 0 Å². The molecular weight excluding hydrogens is 376 g/mol. The molecular formula is C22H22O5S. The van der Waals surface area contributed by atoms with Gasteiger partial charge >= 0.3 is 5.97 Å². The summed E-state index contributed by atoms with van der Waals surface area (Å²) in [6.07, 6.45) is 2.68. The predicted molar refractivity (Wildman–Crippen MR) is 105 cm³/mol. The average molecular weight is 398 g/mol. The van der Waals surface area contributed by atoms with Crippen LogP contribution in [0.5, 0.6) is 0 Å². The van der Waals surface area contributed by atoms with Gasteiger partial charge in [-0.25, -0.2) is 13.2 Å². The molecule has 1 aliphatic heterocycles. The van der Waals surface area contributed by atoms with Crippen LogP contribution in [0.3, 0.4) is 0 Å². The Bertz CT molecular complexity index is 1080. The zero-order valence-electron chi connectivity index (χ0n) is 16.1. The highest BCUT2D eigenvalue weighted by Crippen LogP contribution is 2.44. The summed E-state index contributed by atoms with van der Waals surface area (Å²) in [4.78, 5) is 12.8. The molecule has 2 aromatic rings. The first-order valence-corrected chi connectivity index (χ1v) is 11.1. The molecule has 1 aliphatic carbocycles. The number of carbonyl (C=O) groups is 1. The topological polar surface area (TPSA) is 69.7 Å². The lowest BCUT2D eigenvalue weighted by Gasteiger charge is -2.21. The first-order chi connectivity index (χ1) is 13.2. The molecule has 146 valence electrons. The van der Waals surface area contributed by atoms with Crippen LogP contribution in [0.1, 0.15) is 43.1 Å². The van der Waals surface area contributed by atoms with Gasteiger partial charge in [0.25, 0.3) is 0 Å². The Balaban J connectivity index is 1.75. The Hall–Kier alpha value is -2.60. The van der Waals surface area contributed by atoms with E-state index in [0.717, 1.165) is 18.4 Å². The third-order valence-electron chi connectivity index (χ3n) is 5.27. The minimum atomic E-state index is -3.29. The van der Waals surface area contributed by atoms with E-state index in [1.165, 1.54) is 11.8 Å². The lowest BCUT2D eigenvalue weighted by molar-refractivity contribution is -0.147. The summed E-state index contributed by atoms with van der Waals surface area (Å²) >= 11 is 0. The van der Waals surface area contributed by atoms with Gasteiger partial charge in [-0.1, -0.05) is 36.4 Å². The number of benzene rings is 2. The fourth-order valence-electron chi connectivity index (χ4n) is 3.94. The van der Waals surface area contributed by atoms with Gasteiger partial charge in [-0.15, -0.1) is 0 Å². The number of ether oxygens (including phenoxy) is 2. The second-order valence-electron chi connectivity index (χ2n) is 7.74. The van der Waals surface area contributed by atoms with Crippen molar-refractivity contribution in [2.24, 2.45) is 0 Å². The third kappa shape index (κ3) is 3.22. The molecule has 1 unspecified atom stereocenters. The molecule has 0 saturated heterocycles. The SMILES string of the molecule is CC1(C)OC(=O)C(OC2CCc3ccccc32)=C1c1ccc(S(C)(=O)=O)cc1. The van der Waals surface area contributed by atoms with Crippen LogP contribution in [0.4, 0.5) is 0 Å². The van der Waals surface area contributed by atoms with Crippen molar-refractivity contribution in [1.82, 2.24) is 0 Å². The molecule has 1 atom stereocenters. The van der Waals surface area contributed by atoms with Crippen LogP contribution in [0.25, 0.3) is 5.57 Å².